The van der Waals surface area contributed by atoms with E-state index in [1.165, 1.54) is 23.1 Å². The van der Waals surface area contributed by atoms with Crippen molar-refractivity contribution in [3.05, 3.63) is 65.5 Å². The Morgan fingerprint density at radius 1 is 1.06 bits per heavy atom. The van der Waals surface area contributed by atoms with Crippen molar-refractivity contribution in [2.45, 2.75) is 19.3 Å². The van der Waals surface area contributed by atoms with Crippen LogP contribution in [0.15, 0.2) is 54.4 Å². The zero-order valence-corrected chi connectivity index (χ0v) is 17.0. The van der Waals surface area contributed by atoms with Gasteiger partial charge in [0.2, 0.25) is 5.91 Å². The van der Waals surface area contributed by atoms with Crippen molar-refractivity contribution in [1.29, 1.82) is 0 Å². The zero-order valence-electron chi connectivity index (χ0n) is 17.0. The van der Waals surface area contributed by atoms with E-state index >= 15 is 0 Å². The van der Waals surface area contributed by atoms with Gasteiger partial charge >= 0.3 is 0 Å². The number of carbonyl (C=O) groups excluding carboxylic acids is 2. The Kier molecular flexibility index (Phi) is 4.66. The molecule has 0 radical (unpaired) electrons. The predicted molar refractivity (Wildman–Crippen MR) is 116 cm³/mol. The Labute approximate surface area is 179 Å². The first-order chi connectivity index (χ1) is 15.0. The molecule has 5 rings (SSSR count). The van der Waals surface area contributed by atoms with E-state index < -0.39 is 0 Å². The number of aromatic nitrogens is 1. The van der Waals surface area contributed by atoms with Crippen LogP contribution < -0.4 is 0 Å². The van der Waals surface area contributed by atoms with Crippen molar-refractivity contribution >= 4 is 28.3 Å². The Balaban J connectivity index is 1.47. The second kappa shape index (κ2) is 7.50. The van der Waals surface area contributed by atoms with E-state index in [1.54, 1.807) is 4.90 Å². The molecule has 3 N–H and O–H groups in total. The van der Waals surface area contributed by atoms with Crippen LogP contribution in [0.3, 0.4) is 0 Å². The molecule has 1 fully saturated rings. The maximum atomic E-state index is 13.4. The fraction of sp³-hybridized carbons (Fsp3) is 0.250. The summed E-state index contributed by atoms with van der Waals surface area (Å²) in [7, 11) is 0. The maximum Gasteiger partial charge on any atom is 0.271 e. The number of benzene rings is 2. The van der Waals surface area contributed by atoms with Gasteiger partial charge in [-0.1, -0.05) is 18.2 Å². The number of phenols is 2. The standard InChI is InChI=1S/C24H23N3O4/c28-16-7-8-21(29)19(12-16)18-5-3-10-27-22(30)14-26(24(31)23(18)27)11-9-15-13-25-20-6-2-1-4-17(15)20/h1-2,4,6-8,12-13,25,28-29H,3,5,9-11,14H2. The van der Waals surface area contributed by atoms with Crippen molar-refractivity contribution in [2.24, 2.45) is 0 Å². The molecule has 1 aromatic heterocycles. The van der Waals surface area contributed by atoms with Crippen LogP contribution in [0.4, 0.5) is 0 Å². The third-order valence-corrected chi connectivity index (χ3v) is 6.11. The van der Waals surface area contributed by atoms with Crippen molar-refractivity contribution in [3.63, 3.8) is 0 Å². The van der Waals surface area contributed by atoms with Gasteiger partial charge in [0.15, 0.2) is 0 Å². The zero-order chi connectivity index (χ0) is 21.5. The van der Waals surface area contributed by atoms with E-state index in [2.05, 4.69) is 4.98 Å². The summed E-state index contributed by atoms with van der Waals surface area (Å²) in [5, 5.41) is 21.4. The lowest BCUT2D eigenvalue weighted by molar-refractivity contribution is -0.145. The Morgan fingerprint density at radius 3 is 2.77 bits per heavy atom. The normalized spacial score (nSPS) is 16.9. The van der Waals surface area contributed by atoms with E-state index in [-0.39, 0.29) is 29.9 Å². The number of hydrogen-bond acceptors (Lipinski definition) is 4. The summed E-state index contributed by atoms with van der Waals surface area (Å²) in [6.07, 6.45) is 3.83. The van der Waals surface area contributed by atoms with Crippen LogP contribution >= 0.6 is 0 Å². The third-order valence-electron chi connectivity index (χ3n) is 6.11. The van der Waals surface area contributed by atoms with Gasteiger partial charge in [-0.25, -0.2) is 0 Å². The first-order valence-corrected chi connectivity index (χ1v) is 10.4. The molecule has 0 aliphatic carbocycles. The first kappa shape index (κ1) is 19.2. The van der Waals surface area contributed by atoms with Crippen molar-refractivity contribution in [2.75, 3.05) is 19.6 Å². The van der Waals surface area contributed by atoms with Crippen LogP contribution in [0.25, 0.3) is 16.5 Å². The average molecular weight is 417 g/mol. The second-order valence-corrected chi connectivity index (χ2v) is 8.01. The molecule has 7 heteroatoms. The molecule has 0 bridgehead atoms. The molecule has 2 amide bonds. The maximum absolute atomic E-state index is 13.4. The third kappa shape index (κ3) is 3.32. The van der Waals surface area contributed by atoms with Crippen LogP contribution in [0, 0.1) is 0 Å². The summed E-state index contributed by atoms with van der Waals surface area (Å²) in [5.41, 5.74) is 3.47. The number of nitrogens with one attached hydrogen (secondary N) is 1. The van der Waals surface area contributed by atoms with Gasteiger partial charge in [-0.15, -0.1) is 0 Å². The minimum Gasteiger partial charge on any atom is -0.508 e. The fourth-order valence-electron chi connectivity index (χ4n) is 4.57. The van der Waals surface area contributed by atoms with Gasteiger partial charge in [-0.2, -0.15) is 0 Å². The van der Waals surface area contributed by atoms with Crippen LogP contribution in [-0.4, -0.2) is 56.4 Å². The van der Waals surface area contributed by atoms with Crippen LogP contribution in [0.2, 0.25) is 0 Å². The van der Waals surface area contributed by atoms with Gasteiger partial charge in [0.25, 0.3) is 5.91 Å². The van der Waals surface area contributed by atoms with Crippen molar-refractivity contribution in [1.82, 2.24) is 14.8 Å². The average Bonchev–Trinajstić information content (AvgIpc) is 3.19. The number of aromatic hydroxyl groups is 2. The highest BCUT2D eigenvalue weighted by Gasteiger charge is 2.39. The van der Waals surface area contributed by atoms with Gasteiger partial charge in [0.05, 0.1) is 0 Å². The molecule has 0 unspecified atom stereocenters. The number of amides is 2. The second-order valence-electron chi connectivity index (χ2n) is 8.01. The highest BCUT2D eigenvalue weighted by molar-refractivity contribution is 6.09. The number of piperazine rings is 1. The van der Waals surface area contributed by atoms with E-state index in [9.17, 15) is 19.8 Å². The number of rotatable bonds is 4. The number of carbonyl (C=O) groups is 2. The minimum atomic E-state index is -0.211. The molecule has 31 heavy (non-hydrogen) atoms. The number of phenolic OH excluding ortho intramolecular Hbond substituents is 2. The molecule has 3 heterocycles. The van der Waals surface area contributed by atoms with Gasteiger partial charge in [0, 0.05) is 35.8 Å². The molecule has 7 nitrogen and oxygen atoms in total. The highest BCUT2D eigenvalue weighted by atomic mass is 16.3. The first-order valence-electron chi connectivity index (χ1n) is 10.4. The van der Waals surface area contributed by atoms with Crippen molar-refractivity contribution < 1.29 is 19.8 Å². The summed E-state index contributed by atoms with van der Waals surface area (Å²) in [5.74, 6) is -0.343. The fourth-order valence-corrected chi connectivity index (χ4v) is 4.57. The molecule has 0 saturated carbocycles. The van der Waals surface area contributed by atoms with E-state index in [0.29, 0.717) is 49.2 Å². The number of aromatic amines is 1. The largest absolute Gasteiger partial charge is 0.508 e. The minimum absolute atomic E-state index is 0.00352. The molecular formula is C24H23N3O4. The van der Waals surface area contributed by atoms with Gasteiger partial charge in [-0.05, 0) is 54.7 Å². The number of hydrogen-bond donors (Lipinski definition) is 3. The molecule has 158 valence electrons. The monoisotopic (exact) mass is 417 g/mol. The molecular weight excluding hydrogens is 394 g/mol. The lowest BCUT2D eigenvalue weighted by atomic mass is 9.92. The molecule has 3 aromatic rings. The van der Waals surface area contributed by atoms with E-state index in [1.807, 2.05) is 30.5 Å². The van der Waals surface area contributed by atoms with Gasteiger partial charge < -0.3 is 25.0 Å². The Hall–Kier alpha value is -3.74. The number of allylic oxidation sites excluding steroid dienone is 1. The lowest BCUT2D eigenvalue weighted by Crippen LogP contribution is -2.54. The van der Waals surface area contributed by atoms with E-state index in [0.717, 1.165) is 16.5 Å². The predicted octanol–water partition coefficient (Wildman–Crippen LogP) is 3.00. The lowest BCUT2D eigenvalue weighted by Gasteiger charge is -2.39. The topological polar surface area (TPSA) is 96.9 Å². The van der Waals surface area contributed by atoms with Crippen LogP contribution in [-0.2, 0) is 16.0 Å². The molecule has 1 saturated heterocycles. The smallest absolute Gasteiger partial charge is 0.271 e. The summed E-state index contributed by atoms with van der Waals surface area (Å²) < 4.78 is 0. The van der Waals surface area contributed by atoms with Crippen LogP contribution in [0.1, 0.15) is 24.0 Å². The highest BCUT2D eigenvalue weighted by Crippen LogP contribution is 2.38. The Morgan fingerprint density at radius 2 is 1.90 bits per heavy atom. The molecule has 2 aliphatic rings. The number of nitrogens with zero attached hydrogens (tertiary/aromatic N) is 2. The van der Waals surface area contributed by atoms with Gasteiger partial charge in [-0.3, -0.25) is 9.59 Å². The summed E-state index contributed by atoms with van der Waals surface area (Å²) >= 11 is 0. The Bertz CT molecular complexity index is 1230. The molecule has 0 atom stereocenters. The van der Waals surface area contributed by atoms with E-state index in [4.69, 9.17) is 0 Å². The summed E-state index contributed by atoms with van der Waals surface area (Å²) in [4.78, 5) is 32.7. The summed E-state index contributed by atoms with van der Waals surface area (Å²) in [6.45, 7) is 0.951. The number of fused-ring (bicyclic) bond motifs is 2. The molecule has 0 spiro atoms. The van der Waals surface area contributed by atoms with Crippen LogP contribution in [0.5, 0.6) is 11.5 Å². The molecule has 2 aliphatic heterocycles. The number of H-pyrrole nitrogens is 1. The van der Waals surface area contributed by atoms with Gasteiger partial charge in [0.1, 0.15) is 23.7 Å². The molecule has 2 aromatic carbocycles. The SMILES string of the molecule is O=C1C2=C(c3cc(O)ccc3O)CCCN2C(=O)CN1CCc1c[nH]c2ccccc12. The summed E-state index contributed by atoms with van der Waals surface area (Å²) in [6, 6.07) is 12.2. The quantitative estimate of drug-likeness (QED) is 0.569. The number of para-hydroxylation sites is 1. The van der Waals surface area contributed by atoms with Crippen molar-refractivity contribution in [3.8, 4) is 11.5 Å².